The minimum absolute atomic E-state index is 0.487. The number of anilines is 1. The predicted molar refractivity (Wildman–Crippen MR) is 74.4 cm³/mol. The van der Waals surface area contributed by atoms with Crippen LogP contribution in [-0.2, 0) is 0 Å². The number of nitrogens with zero attached hydrogens (tertiary/aromatic N) is 1. The van der Waals surface area contributed by atoms with Gasteiger partial charge in [0.1, 0.15) is 0 Å². The van der Waals surface area contributed by atoms with Crippen LogP contribution >= 0.6 is 0 Å². The second kappa shape index (κ2) is 4.54. The number of rotatable bonds is 2. The fourth-order valence-corrected chi connectivity index (χ4v) is 2.48. The molecule has 0 atom stereocenters. The van der Waals surface area contributed by atoms with Gasteiger partial charge in [-0.2, -0.15) is 5.26 Å². The Hall–Kier alpha value is -2.27. The third-order valence-corrected chi connectivity index (χ3v) is 3.41. The highest BCUT2D eigenvalue weighted by atomic mass is 14.9. The van der Waals surface area contributed by atoms with Gasteiger partial charge in [-0.15, -0.1) is 0 Å². The molecule has 0 spiro atoms. The molecule has 0 bridgehead atoms. The first-order valence-corrected chi connectivity index (χ1v) is 6.22. The second-order valence-electron chi connectivity index (χ2n) is 4.60. The molecule has 0 amide bonds. The van der Waals surface area contributed by atoms with Gasteiger partial charge in [0.15, 0.2) is 0 Å². The molecule has 88 valence electrons. The lowest BCUT2D eigenvalue weighted by molar-refractivity contribution is 0.788. The summed E-state index contributed by atoms with van der Waals surface area (Å²) in [7, 11) is 0. The third kappa shape index (κ3) is 1.84. The minimum Gasteiger partial charge on any atom is -0.381 e. The largest absolute Gasteiger partial charge is 0.381 e. The molecule has 0 saturated carbocycles. The Labute approximate surface area is 107 Å². The van der Waals surface area contributed by atoms with E-state index in [2.05, 4.69) is 29.6 Å². The Balaban J connectivity index is 2.05. The van der Waals surface area contributed by atoms with Crippen LogP contribution in [0.4, 0.5) is 5.69 Å². The topological polar surface area (TPSA) is 35.8 Å². The second-order valence-corrected chi connectivity index (χ2v) is 4.60. The van der Waals surface area contributed by atoms with Crippen LogP contribution in [0.15, 0.2) is 48.6 Å². The summed E-state index contributed by atoms with van der Waals surface area (Å²) < 4.78 is 0. The van der Waals surface area contributed by atoms with E-state index in [9.17, 15) is 0 Å². The van der Waals surface area contributed by atoms with Crippen LogP contribution in [0.2, 0.25) is 0 Å². The Morgan fingerprint density at radius 1 is 1.00 bits per heavy atom. The molecule has 0 aromatic heterocycles. The molecular weight excluding hydrogens is 220 g/mol. The van der Waals surface area contributed by atoms with Crippen molar-refractivity contribution < 1.29 is 0 Å². The number of hydrogen-bond donors (Lipinski definition) is 1. The van der Waals surface area contributed by atoms with Gasteiger partial charge in [0.2, 0.25) is 0 Å². The SMILES string of the molecule is N#Cc1ccc(NC2CC=CC2)c2ccccc12. The third-order valence-electron chi connectivity index (χ3n) is 3.41. The van der Waals surface area contributed by atoms with Crippen molar-refractivity contribution in [3.8, 4) is 6.07 Å². The molecule has 3 rings (SSSR count). The van der Waals surface area contributed by atoms with Crippen LogP contribution in [0.3, 0.4) is 0 Å². The Morgan fingerprint density at radius 3 is 2.44 bits per heavy atom. The van der Waals surface area contributed by atoms with Gasteiger partial charge in [-0.25, -0.2) is 0 Å². The summed E-state index contributed by atoms with van der Waals surface area (Å²) in [5.74, 6) is 0. The van der Waals surface area contributed by atoms with Crippen LogP contribution in [0.1, 0.15) is 18.4 Å². The van der Waals surface area contributed by atoms with E-state index in [1.807, 2.05) is 30.3 Å². The van der Waals surface area contributed by atoms with Crippen LogP contribution in [0, 0.1) is 11.3 Å². The molecule has 1 N–H and O–H groups in total. The fraction of sp³-hybridized carbons (Fsp3) is 0.188. The van der Waals surface area contributed by atoms with Crippen molar-refractivity contribution in [2.45, 2.75) is 18.9 Å². The monoisotopic (exact) mass is 234 g/mol. The molecule has 0 heterocycles. The average Bonchev–Trinajstić information content (AvgIpc) is 2.92. The van der Waals surface area contributed by atoms with Crippen molar-refractivity contribution >= 4 is 16.5 Å². The zero-order valence-electron chi connectivity index (χ0n) is 10.1. The van der Waals surface area contributed by atoms with E-state index in [4.69, 9.17) is 5.26 Å². The standard InChI is InChI=1S/C16H14N2/c17-11-12-9-10-16(18-13-5-1-2-6-13)15-8-4-3-7-14(12)15/h1-4,7-10,13,18H,5-6H2. The smallest absolute Gasteiger partial charge is 0.0998 e. The first-order chi connectivity index (χ1) is 8.88. The molecule has 0 radical (unpaired) electrons. The fourth-order valence-electron chi connectivity index (χ4n) is 2.48. The van der Waals surface area contributed by atoms with Gasteiger partial charge < -0.3 is 5.32 Å². The number of hydrogen-bond acceptors (Lipinski definition) is 2. The molecule has 2 heteroatoms. The van der Waals surface area contributed by atoms with E-state index in [-0.39, 0.29) is 0 Å². The summed E-state index contributed by atoms with van der Waals surface area (Å²) >= 11 is 0. The van der Waals surface area contributed by atoms with E-state index in [1.54, 1.807) is 0 Å². The van der Waals surface area contributed by atoms with Crippen LogP contribution in [0.25, 0.3) is 10.8 Å². The molecule has 1 aliphatic carbocycles. The quantitative estimate of drug-likeness (QED) is 0.801. The van der Waals surface area contributed by atoms with Crippen molar-refractivity contribution in [1.82, 2.24) is 0 Å². The number of fused-ring (bicyclic) bond motifs is 1. The van der Waals surface area contributed by atoms with Gasteiger partial charge in [-0.05, 0) is 25.0 Å². The van der Waals surface area contributed by atoms with Gasteiger partial charge in [-0.1, -0.05) is 36.4 Å². The summed E-state index contributed by atoms with van der Waals surface area (Å²) in [5, 5.41) is 14.8. The molecule has 0 saturated heterocycles. The van der Waals surface area contributed by atoms with Crippen molar-refractivity contribution in [1.29, 1.82) is 5.26 Å². The lowest BCUT2D eigenvalue weighted by Crippen LogP contribution is -2.15. The van der Waals surface area contributed by atoms with Crippen LogP contribution in [-0.4, -0.2) is 6.04 Å². The normalized spacial score (nSPS) is 14.8. The number of benzene rings is 2. The zero-order chi connectivity index (χ0) is 12.4. The van der Waals surface area contributed by atoms with Gasteiger partial charge >= 0.3 is 0 Å². The molecule has 2 aromatic carbocycles. The van der Waals surface area contributed by atoms with Crippen LogP contribution in [0.5, 0.6) is 0 Å². The molecule has 1 aliphatic rings. The molecule has 2 nitrogen and oxygen atoms in total. The van der Waals surface area contributed by atoms with Gasteiger partial charge in [0, 0.05) is 22.5 Å². The molecule has 2 aromatic rings. The molecule has 18 heavy (non-hydrogen) atoms. The first-order valence-electron chi connectivity index (χ1n) is 6.22. The highest BCUT2D eigenvalue weighted by molar-refractivity contribution is 5.97. The maximum atomic E-state index is 9.13. The molecular formula is C16H14N2. The van der Waals surface area contributed by atoms with E-state index in [0.29, 0.717) is 6.04 Å². The maximum Gasteiger partial charge on any atom is 0.0998 e. The minimum atomic E-state index is 0.487. The van der Waals surface area contributed by atoms with Crippen molar-refractivity contribution in [2.24, 2.45) is 0 Å². The van der Waals surface area contributed by atoms with E-state index in [0.717, 1.165) is 34.9 Å². The number of nitriles is 1. The summed E-state index contributed by atoms with van der Waals surface area (Å²) in [4.78, 5) is 0. The zero-order valence-corrected chi connectivity index (χ0v) is 10.1. The molecule has 0 unspecified atom stereocenters. The Morgan fingerprint density at radius 2 is 1.72 bits per heavy atom. The van der Waals surface area contributed by atoms with E-state index < -0.39 is 0 Å². The van der Waals surface area contributed by atoms with E-state index in [1.165, 1.54) is 0 Å². The van der Waals surface area contributed by atoms with Crippen molar-refractivity contribution in [3.05, 3.63) is 54.1 Å². The van der Waals surface area contributed by atoms with E-state index >= 15 is 0 Å². The summed E-state index contributed by atoms with van der Waals surface area (Å²) in [6.45, 7) is 0. The Kier molecular flexibility index (Phi) is 2.74. The van der Waals surface area contributed by atoms with Gasteiger partial charge in [0.05, 0.1) is 11.6 Å². The van der Waals surface area contributed by atoms with Crippen molar-refractivity contribution in [3.63, 3.8) is 0 Å². The number of nitrogens with one attached hydrogen (secondary N) is 1. The summed E-state index contributed by atoms with van der Waals surface area (Å²) in [6, 6.07) is 14.7. The first kappa shape index (κ1) is 10.9. The lowest BCUT2D eigenvalue weighted by Gasteiger charge is -2.16. The average molecular weight is 234 g/mol. The molecule has 0 aliphatic heterocycles. The maximum absolute atomic E-state index is 9.13. The lowest BCUT2D eigenvalue weighted by atomic mass is 10.0. The van der Waals surface area contributed by atoms with Crippen LogP contribution < -0.4 is 5.32 Å². The summed E-state index contributed by atoms with van der Waals surface area (Å²) in [6.07, 6.45) is 6.58. The van der Waals surface area contributed by atoms with Gasteiger partial charge in [0.25, 0.3) is 0 Å². The highest BCUT2D eigenvalue weighted by Crippen LogP contribution is 2.28. The predicted octanol–water partition coefficient (Wildman–Crippen LogP) is 3.84. The van der Waals surface area contributed by atoms with Gasteiger partial charge in [-0.3, -0.25) is 0 Å². The Bertz CT molecular complexity index is 642. The highest BCUT2D eigenvalue weighted by Gasteiger charge is 2.12. The van der Waals surface area contributed by atoms with Crippen molar-refractivity contribution in [2.75, 3.05) is 5.32 Å². The summed E-state index contributed by atoms with van der Waals surface area (Å²) in [5.41, 5.74) is 1.86. The molecule has 0 fully saturated rings.